The first-order valence-corrected chi connectivity index (χ1v) is 16.6. The summed E-state index contributed by atoms with van der Waals surface area (Å²) in [5.41, 5.74) is -0.559. The fourth-order valence-corrected chi connectivity index (χ4v) is 7.33. The van der Waals surface area contributed by atoms with Crippen LogP contribution >= 0.6 is 11.6 Å². The summed E-state index contributed by atoms with van der Waals surface area (Å²) in [6.45, 7) is 12.6. The fourth-order valence-electron chi connectivity index (χ4n) is 5.36. The zero-order valence-corrected chi connectivity index (χ0v) is 25.5. The second kappa shape index (κ2) is 10.1. The number of benzene rings is 1. The first-order chi connectivity index (χ1) is 19.0. The Kier molecular flexibility index (Phi) is 7.23. The highest BCUT2D eigenvalue weighted by Gasteiger charge is 2.52. The van der Waals surface area contributed by atoms with E-state index in [2.05, 4.69) is 53.9 Å². The molecule has 0 saturated heterocycles. The van der Waals surface area contributed by atoms with E-state index in [1.54, 1.807) is 6.07 Å². The van der Waals surface area contributed by atoms with E-state index in [0.29, 0.717) is 18.5 Å². The molecule has 6 nitrogen and oxygen atoms in total. The molecule has 4 aromatic rings. The average Bonchev–Trinajstić information content (AvgIpc) is 3.46. The monoisotopic (exact) mass is 605 g/mol. The average molecular weight is 606 g/mol. The van der Waals surface area contributed by atoms with Crippen LogP contribution in [-0.4, -0.2) is 38.7 Å². The van der Waals surface area contributed by atoms with E-state index in [0.717, 1.165) is 4.68 Å². The van der Waals surface area contributed by atoms with Crippen LogP contribution in [0, 0.1) is 5.82 Å². The Bertz CT molecular complexity index is 1550. The van der Waals surface area contributed by atoms with Gasteiger partial charge in [0.1, 0.15) is 12.1 Å². The van der Waals surface area contributed by atoms with Crippen LogP contribution in [0.4, 0.5) is 17.6 Å². The third-order valence-corrected chi connectivity index (χ3v) is 13.2. The summed E-state index contributed by atoms with van der Waals surface area (Å²) < 4.78 is 66.9. The van der Waals surface area contributed by atoms with E-state index in [1.165, 1.54) is 43.1 Å². The van der Waals surface area contributed by atoms with Gasteiger partial charge >= 0.3 is 6.18 Å². The molecule has 0 aliphatic heterocycles. The quantitative estimate of drug-likeness (QED) is 0.176. The van der Waals surface area contributed by atoms with Gasteiger partial charge in [0.05, 0.1) is 34.3 Å². The predicted octanol–water partition coefficient (Wildman–Crippen LogP) is 8.93. The van der Waals surface area contributed by atoms with Crippen LogP contribution in [0.25, 0.3) is 33.6 Å². The van der Waals surface area contributed by atoms with Crippen molar-refractivity contribution in [2.24, 2.45) is 0 Å². The fraction of sp³-hybridized carbons (Fsp3) is 0.414. The summed E-state index contributed by atoms with van der Waals surface area (Å²) in [6.07, 6.45) is 1.50. The second-order valence-corrected chi connectivity index (χ2v) is 17.5. The van der Waals surface area contributed by atoms with Gasteiger partial charge in [-0.25, -0.2) is 14.4 Å². The molecule has 0 atom stereocenters. The van der Waals surface area contributed by atoms with Crippen molar-refractivity contribution in [3.05, 3.63) is 65.7 Å². The Morgan fingerprint density at radius 2 is 1.80 bits per heavy atom. The maximum absolute atomic E-state index is 15.0. The molecule has 3 aromatic heterocycles. The van der Waals surface area contributed by atoms with Crippen molar-refractivity contribution in [1.82, 2.24) is 24.7 Å². The molecule has 0 amide bonds. The van der Waals surface area contributed by atoms with Gasteiger partial charge < -0.3 is 9.41 Å². The minimum atomic E-state index is -4.72. The van der Waals surface area contributed by atoms with E-state index in [9.17, 15) is 13.2 Å². The molecule has 1 aliphatic carbocycles. The Morgan fingerprint density at radius 1 is 1.10 bits per heavy atom. The summed E-state index contributed by atoms with van der Waals surface area (Å²) >= 11 is 6.36. The van der Waals surface area contributed by atoms with Gasteiger partial charge in [-0.05, 0) is 56.1 Å². The van der Waals surface area contributed by atoms with Crippen molar-refractivity contribution < 1.29 is 22.0 Å². The molecule has 1 aliphatic rings. The third kappa shape index (κ3) is 5.35. The highest BCUT2D eigenvalue weighted by molar-refractivity contribution is 6.74. The van der Waals surface area contributed by atoms with Gasteiger partial charge in [-0.3, -0.25) is 4.68 Å². The molecule has 0 spiro atoms. The number of halogens is 5. The molecule has 0 radical (unpaired) electrons. The maximum Gasteiger partial charge on any atom is 0.433 e. The van der Waals surface area contributed by atoms with Gasteiger partial charge in [0.25, 0.3) is 0 Å². The lowest BCUT2D eigenvalue weighted by Crippen LogP contribution is -2.54. The van der Waals surface area contributed by atoms with E-state index in [-0.39, 0.29) is 38.0 Å². The van der Waals surface area contributed by atoms with E-state index < -0.39 is 37.6 Å². The number of aromatic amines is 1. The minimum absolute atomic E-state index is 0.0268. The number of aromatic nitrogens is 5. The molecular formula is C29H32ClF4N5OSi. The van der Waals surface area contributed by atoms with E-state index in [4.69, 9.17) is 16.0 Å². The summed E-state index contributed by atoms with van der Waals surface area (Å²) in [4.78, 5) is 11.1. The summed E-state index contributed by atoms with van der Waals surface area (Å²) in [6, 6.07) is 5.29. The lowest BCUT2D eigenvalue weighted by molar-refractivity contribution is -0.148. The molecule has 5 rings (SSSR count). The largest absolute Gasteiger partial charge is 0.433 e. The van der Waals surface area contributed by atoms with Crippen molar-refractivity contribution in [3.8, 4) is 33.6 Å². The Hall–Kier alpha value is -3.02. The van der Waals surface area contributed by atoms with Gasteiger partial charge in [-0.2, -0.15) is 18.3 Å². The molecule has 1 fully saturated rings. The highest BCUT2D eigenvalue weighted by atomic mass is 35.5. The number of alkyl halides is 3. The topological polar surface area (TPSA) is 68.6 Å². The van der Waals surface area contributed by atoms with Gasteiger partial charge in [0, 0.05) is 34.6 Å². The molecule has 1 saturated carbocycles. The normalized spacial score (nSPS) is 19.8. The number of hydrogen-bond donors (Lipinski definition) is 1. The third-order valence-electron chi connectivity index (χ3n) is 8.27. The van der Waals surface area contributed by atoms with E-state index >= 15 is 4.39 Å². The van der Waals surface area contributed by atoms with Crippen LogP contribution in [0.3, 0.4) is 0 Å². The first kappa shape index (κ1) is 29.5. The first-order valence-electron chi connectivity index (χ1n) is 13.3. The molecule has 41 heavy (non-hydrogen) atoms. The number of nitrogens with zero attached hydrogens (tertiary/aromatic N) is 4. The number of hydrogen-bond acceptors (Lipinski definition) is 4. The van der Waals surface area contributed by atoms with Crippen molar-refractivity contribution in [3.63, 3.8) is 0 Å². The molecule has 0 bridgehead atoms. The van der Waals surface area contributed by atoms with Gasteiger partial charge in [0.15, 0.2) is 14.0 Å². The van der Waals surface area contributed by atoms with E-state index in [1.807, 2.05) is 6.92 Å². The van der Waals surface area contributed by atoms with Crippen LogP contribution in [0.15, 0.2) is 49.2 Å². The smallest absolute Gasteiger partial charge is 0.411 e. The Morgan fingerprint density at radius 3 is 2.39 bits per heavy atom. The van der Waals surface area contributed by atoms with Gasteiger partial charge in [-0.1, -0.05) is 38.4 Å². The lowest BCUT2D eigenvalue weighted by atomic mass is 9.77. The van der Waals surface area contributed by atoms with Crippen LogP contribution in [0.2, 0.25) is 23.2 Å². The van der Waals surface area contributed by atoms with Crippen LogP contribution in [-0.2, 0) is 10.6 Å². The lowest BCUT2D eigenvalue weighted by Gasteiger charge is -2.52. The Labute approximate surface area is 242 Å². The minimum Gasteiger partial charge on any atom is -0.411 e. The molecule has 0 unspecified atom stereocenters. The standard InChI is InChI=1S/C29H32ClF4N5OSi/c1-27(2,3)41(5,6)40-28(4)12-17(13-28)39-26(29(32,33)34)19(15-38-39)25-24(22-10-11-35-16-37-22)18(14-36-25)23-20(30)8-7-9-21(23)31/h7-11,14-17,36H,12-13H2,1-6H3. The molecule has 12 heteroatoms. The van der Waals surface area contributed by atoms with Gasteiger partial charge in [-0.15, -0.1) is 0 Å². The van der Waals surface area contributed by atoms with Crippen LogP contribution < -0.4 is 0 Å². The molecular weight excluding hydrogens is 574 g/mol. The number of H-pyrrole nitrogens is 1. The molecule has 218 valence electrons. The van der Waals surface area contributed by atoms with Crippen molar-refractivity contribution in [2.75, 3.05) is 0 Å². The van der Waals surface area contributed by atoms with Crippen molar-refractivity contribution >= 4 is 19.9 Å². The summed E-state index contributed by atoms with van der Waals surface area (Å²) in [5.74, 6) is -0.611. The van der Waals surface area contributed by atoms with Crippen molar-refractivity contribution in [2.45, 2.75) is 76.5 Å². The van der Waals surface area contributed by atoms with Crippen LogP contribution in [0.1, 0.15) is 52.3 Å². The predicted molar refractivity (Wildman–Crippen MR) is 153 cm³/mol. The summed E-state index contributed by atoms with van der Waals surface area (Å²) in [5, 5.41) is 4.33. The molecule has 1 N–H and O–H groups in total. The maximum atomic E-state index is 15.0. The molecule has 3 heterocycles. The highest BCUT2D eigenvalue weighted by Crippen LogP contribution is 2.52. The number of rotatable bonds is 6. The zero-order chi connectivity index (χ0) is 30.0. The van der Waals surface area contributed by atoms with Gasteiger partial charge in [0.2, 0.25) is 0 Å². The van der Waals surface area contributed by atoms with Crippen molar-refractivity contribution in [1.29, 1.82) is 0 Å². The summed E-state index contributed by atoms with van der Waals surface area (Å²) in [7, 11) is -2.13. The Balaban J connectivity index is 1.60. The zero-order valence-electron chi connectivity index (χ0n) is 23.7. The van der Waals surface area contributed by atoms with Crippen LogP contribution in [0.5, 0.6) is 0 Å². The second-order valence-electron chi connectivity index (χ2n) is 12.4. The molecule has 1 aromatic carbocycles. The SMILES string of the molecule is CC1(O[Si](C)(C)C(C)(C)C)CC(n2ncc(-c3[nH]cc(-c4c(F)cccc4Cl)c3-c3ccncn3)c2C(F)(F)F)C1. The number of nitrogens with one attached hydrogen (secondary N) is 1.